The summed E-state index contributed by atoms with van der Waals surface area (Å²) in [7, 11) is 4.14. The number of nitrogens with one attached hydrogen (secondary N) is 2. The Bertz CT molecular complexity index is 957. The number of hydrogen-bond donors (Lipinski definition) is 3. The van der Waals surface area contributed by atoms with Crippen molar-refractivity contribution in [2.45, 2.75) is 6.42 Å². The first-order valence-electron chi connectivity index (χ1n) is 8.30. The monoisotopic (exact) mass is 352 g/mol. The Labute approximate surface area is 150 Å². The van der Waals surface area contributed by atoms with Crippen LogP contribution in [0.1, 0.15) is 16.2 Å². The largest absolute Gasteiger partial charge is 0.872 e. The summed E-state index contributed by atoms with van der Waals surface area (Å²) in [6.45, 7) is 0.899. The lowest BCUT2D eigenvalue weighted by Crippen LogP contribution is -3.06. The van der Waals surface area contributed by atoms with Crippen LogP contribution in [-0.4, -0.2) is 41.7 Å². The van der Waals surface area contributed by atoms with Gasteiger partial charge in [0.25, 0.3) is 0 Å². The first-order chi connectivity index (χ1) is 12.4. The molecule has 0 fully saturated rings. The third-order valence-electron chi connectivity index (χ3n) is 3.97. The van der Waals surface area contributed by atoms with Crippen molar-refractivity contribution in [2.75, 3.05) is 26.0 Å². The van der Waals surface area contributed by atoms with Crippen LogP contribution in [0.25, 0.3) is 10.9 Å². The van der Waals surface area contributed by atoms with E-state index >= 15 is 0 Å². The molecule has 0 saturated heterocycles. The summed E-state index contributed by atoms with van der Waals surface area (Å²) in [5.74, 6) is -0.460. The smallest absolute Gasteiger partial charge is 0.335 e. The van der Waals surface area contributed by atoms with E-state index in [1.165, 1.54) is 17.0 Å². The van der Waals surface area contributed by atoms with Crippen molar-refractivity contribution in [2.24, 2.45) is 0 Å². The third kappa shape index (κ3) is 3.89. The van der Waals surface area contributed by atoms with Gasteiger partial charge in [-0.3, -0.25) is 0 Å². The minimum Gasteiger partial charge on any atom is -0.872 e. The van der Waals surface area contributed by atoms with Gasteiger partial charge in [-0.1, -0.05) is 17.9 Å². The van der Waals surface area contributed by atoms with Crippen molar-refractivity contribution in [3.8, 4) is 5.75 Å². The summed E-state index contributed by atoms with van der Waals surface area (Å²) < 4.78 is 0. The molecule has 0 spiro atoms. The molecule has 3 aromatic rings. The SMILES string of the molecule is C[NH+](C)CCc1nc(Nc2ccc(C(=O)O)c([O-])c2)c2ccccc2n1. The molecule has 0 bridgehead atoms. The first-order valence-corrected chi connectivity index (χ1v) is 8.30. The first kappa shape index (κ1) is 17.6. The van der Waals surface area contributed by atoms with Crippen LogP contribution in [0.2, 0.25) is 0 Å². The predicted octanol–water partition coefficient (Wildman–Crippen LogP) is 0.832. The van der Waals surface area contributed by atoms with Crippen molar-refractivity contribution < 1.29 is 19.9 Å². The molecule has 0 amide bonds. The van der Waals surface area contributed by atoms with E-state index in [2.05, 4.69) is 29.4 Å². The number of rotatable bonds is 6. The van der Waals surface area contributed by atoms with E-state index in [0.717, 1.165) is 29.7 Å². The highest BCUT2D eigenvalue weighted by atomic mass is 16.4. The number of carboxylic acid groups (broad SMARTS) is 1. The van der Waals surface area contributed by atoms with E-state index in [-0.39, 0.29) is 5.56 Å². The Morgan fingerprint density at radius 3 is 2.65 bits per heavy atom. The lowest BCUT2D eigenvalue weighted by atomic mass is 10.1. The molecule has 1 aromatic heterocycles. The summed E-state index contributed by atoms with van der Waals surface area (Å²) in [5.41, 5.74) is 1.06. The number of carboxylic acids is 1. The molecule has 0 radical (unpaired) electrons. The highest BCUT2D eigenvalue weighted by Crippen LogP contribution is 2.26. The average molecular weight is 352 g/mol. The fourth-order valence-electron chi connectivity index (χ4n) is 2.61. The van der Waals surface area contributed by atoms with Crippen LogP contribution in [0, 0.1) is 0 Å². The molecule has 3 N–H and O–H groups in total. The zero-order valence-electron chi connectivity index (χ0n) is 14.6. The Hall–Kier alpha value is -3.19. The molecule has 0 saturated carbocycles. The molecule has 0 aliphatic heterocycles. The van der Waals surface area contributed by atoms with Gasteiger partial charge in [0, 0.05) is 11.1 Å². The van der Waals surface area contributed by atoms with Gasteiger partial charge in [-0.25, -0.2) is 14.8 Å². The second kappa shape index (κ2) is 7.37. The number of benzene rings is 2. The van der Waals surface area contributed by atoms with Gasteiger partial charge in [0.15, 0.2) is 0 Å². The summed E-state index contributed by atoms with van der Waals surface area (Å²) in [6.07, 6.45) is 0.729. The van der Waals surface area contributed by atoms with Crippen molar-refractivity contribution in [3.05, 3.63) is 53.9 Å². The fourth-order valence-corrected chi connectivity index (χ4v) is 2.61. The van der Waals surface area contributed by atoms with E-state index in [4.69, 9.17) is 5.11 Å². The molecule has 3 rings (SSSR count). The number of fused-ring (bicyclic) bond motifs is 1. The van der Waals surface area contributed by atoms with E-state index in [1.807, 2.05) is 24.3 Å². The van der Waals surface area contributed by atoms with E-state index < -0.39 is 11.7 Å². The van der Waals surface area contributed by atoms with Gasteiger partial charge in [-0.05, 0) is 30.3 Å². The zero-order valence-corrected chi connectivity index (χ0v) is 14.6. The van der Waals surface area contributed by atoms with Crippen LogP contribution < -0.4 is 15.3 Å². The summed E-state index contributed by atoms with van der Waals surface area (Å²) in [6, 6.07) is 11.8. The summed E-state index contributed by atoms with van der Waals surface area (Å²) in [4.78, 5) is 21.5. The topological polar surface area (TPSA) is 103 Å². The highest BCUT2D eigenvalue weighted by Gasteiger charge is 2.10. The standard InChI is InChI=1S/C19H20N4O3/c1-23(2)10-9-17-21-15-6-4-3-5-13(15)18(22-17)20-12-7-8-14(19(25)26)16(24)11-12/h3-8,11,24H,9-10H2,1-2H3,(H,25,26)(H,20,21,22). The van der Waals surface area contributed by atoms with Gasteiger partial charge in [-0.15, -0.1) is 0 Å². The maximum atomic E-state index is 11.9. The van der Waals surface area contributed by atoms with Crippen molar-refractivity contribution in [3.63, 3.8) is 0 Å². The van der Waals surface area contributed by atoms with Gasteiger partial charge < -0.3 is 20.4 Å². The minimum atomic E-state index is -1.23. The molecule has 7 nitrogen and oxygen atoms in total. The Kier molecular flexibility index (Phi) is 4.99. The van der Waals surface area contributed by atoms with Gasteiger partial charge in [0.2, 0.25) is 0 Å². The number of likely N-dealkylation sites (N-methyl/N-ethyl adjacent to an activating group) is 1. The van der Waals surface area contributed by atoms with E-state index in [9.17, 15) is 9.90 Å². The van der Waals surface area contributed by atoms with Crippen LogP contribution in [0.4, 0.5) is 11.5 Å². The zero-order chi connectivity index (χ0) is 18.7. The highest BCUT2D eigenvalue weighted by molar-refractivity contribution is 5.93. The van der Waals surface area contributed by atoms with Crippen LogP contribution in [0.3, 0.4) is 0 Å². The molecule has 0 unspecified atom stereocenters. The van der Waals surface area contributed by atoms with Gasteiger partial charge in [0.05, 0.1) is 38.1 Å². The molecule has 7 heteroatoms. The Balaban J connectivity index is 1.98. The Morgan fingerprint density at radius 1 is 1.19 bits per heavy atom. The second-order valence-electron chi connectivity index (χ2n) is 6.35. The second-order valence-corrected chi connectivity index (χ2v) is 6.35. The van der Waals surface area contributed by atoms with Crippen molar-refractivity contribution in [1.29, 1.82) is 0 Å². The number of carbonyl (C=O) groups is 1. The molecule has 0 atom stereocenters. The average Bonchev–Trinajstić information content (AvgIpc) is 2.59. The van der Waals surface area contributed by atoms with Crippen molar-refractivity contribution in [1.82, 2.24) is 9.97 Å². The van der Waals surface area contributed by atoms with Crippen LogP contribution in [0.15, 0.2) is 42.5 Å². The third-order valence-corrected chi connectivity index (χ3v) is 3.97. The van der Waals surface area contributed by atoms with Gasteiger partial charge in [0.1, 0.15) is 11.6 Å². The maximum Gasteiger partial charge on any atom is 0.335 e. The number of hydrogen-bond acceptors (Lipinski definition) is 5. The minimum absolute atomic E-state index is 0.252. The van der Waals surface area contributed by atoms with Crippen LogP contribution in [0.5, 0.6) is 5.75 Å². The van der Waals surface area contributed by atoms with E-state index in [1.54, 1.807) is 6.07 Å². The number of quaternary nitrogens is 1. The van der Waals surface area contributed by atoms with Crippen molar-refractivity contribution >= 4 is 28.4 Å². The summed E-state index contributed by atoms with van der Waals surface area (Å²) >= 11 is 0. The molecule has 2 aromatic carbocycles. The molecular weight excluding hydrogens is 332 g/mol. The number of nitrogens with zero attached hydrogens (tertiary/aromatic N) is 2. The lowest BCUT2D eigenvalue weighted by Gasteiger charge is -2.15. The van der Waals surface area contributed by atoms with Gasteiger partial charge in [-0.2, -0.15) is 0 Å². The quantitative estimate of drug-likeness (QED) is 0.607. The Morgan fingerprint density at radius 2 is 1.96 bits per heavy atom. The fraction of sp³-hybridized carbons (Fsp3) is 0.211. The molecule has 1 heterocycles. The number of anilines is 2. The number of para-hydroxylation sites is 1. The normalized spacial score (nSPS) is 11.0. The predicted molar refractivity (Wildman–Crippen MR) is 97.0 cm³/mol. The number of aromatic carboxylic acids is 1. The van der Waals surface area contributed by atoms with Gasteiger partial charge >= 0.3 is 5.97 Å². The molecule has 134 valence electrons. The molecule has 0 aliphatic rings. The van der Waals surface area contributed by atoms with E-state index in [0.29, 0.717) is 11.5 Å². The maximum absolute atomic E-state index is 11.9. The lowest BCUT2D eigenvalue weighted by molar-refractivity contribution is -0.858. The van der Waals surface area contributed by atoms with Crippen LogP contribution in [-0.2, 0) is 6.42 Å². The molecular formula is C19H20N4O3. The van der Waals surface area contributed by atoms with Crippen LogP contribution >= 0.6 is 0 Å². The molecule has 26 heavy (non-hydrogen) atoms. The summed E-state index contributed by atoms with van der Waals surface area (Å²) in [5, 5.41) is 24.9. The molecule has 0 aliphatic carbocycles. The number of aromatic nitrogens is 2.